The lowest BCUT2D eigenvalue weighted by molar-refractivity contribution is -0.145. The predicted octanol–water partition coefficient (Wildman–Crippen LogP) is 6.11. The van der Waals surface area contributed by atoms with Gasteiger partial charge in [-0.3, -0.25) is 9.59 Å². The van der Waals surface area contributed by atoms with Crippen LogP contribution in [-0.4, -0.2) is 63.4 Å². The fourth-order valence-electron chi connectivity index (χ4n) is 6.61. The Bertz CT molecular complexity index is 1380. The molecule has 1 fully saturated rings. The lowest BCUT2D eigenvalue weighted by Gasteiger charge is -2.26. The highest BCUT2D eigenvalue weighted by Crippen LogP contribution is 2.40. The third-order valence-electron chi connectivity index (χ3n) is 8.69. The molecule has 2 aromatic carbocycles. The van der Waals surface area contributed by atoms with E-state index < -0.39 is 23.8 Å². The molecule has 12 nitrogen and oxygen atoms in total. The summed E-state index contributed by atoms with van der Waals surface area (Å²) < 4.78 is 0. The molecule has 2 unspecified atom stereocenters. The van der Waals surface area contributed by atoms with E-state index in [-0.39, 0.29) is 23.7 Å². The molecule has 2 heterocycles. The monoisotopic (exact) mass is 632 g/mol. The molecule has 1 aliphatic carbocycles. The second-order valence-electron chi connectivity index (χ2n) is 11.7. The smallest absolute Gasteiger partial charge is 0.307 e. The zero-order chi connectivity index (χ0) is 33.3. The largest absolute Gasteiger partial charge is 0.481 e. The van der Waals surface area contributed by atoms with E-state index >= 15 is 0 Å². The van der Waals surface area contributed by atoms with E-state index in [0.717, 1.165) is 49.7 Å². The van der Waals surface area contributed by atoms with Crippen LogP contribution in [0.25, 0.3) is 0 Å². The third kappa shape index (κ3) is 10.3. The van der Waals surface area contributed by atoms with Gasteiger partial charge in [0, 0.05) is 11.8 Å². The van der Waals surface area contributed by atoms with Crippen LogP contribution in [0.2, 0.25) is 0 Å². The van der Waals surface area contributed by atoms with Crippen LogP contribution in [0.1, 0.15) is 101 Å². The standard InChI is InChI=1S/C16H20N4O2.C16H22N4O2.C2H6/c21-16(22)14(12-8-4-5-9-12)13(15-17-19-20-18-15)10-11-6-2-1-3-7-11;1-3-7-11(2)14(16(21)22)13(15-17-19-20-18-15)10-12-8-5-4-6-9-12;1-2/h1-3,6-7,12-14H,4-5,8-10H2,(H,21,22)(H,17,18,19,20);4-6,8-9,11,13-14H,3,7,10H2,1-2H3,(H,21,22)(H,17,18,19,20);1-2H3/t13-,14?;11?,13-,14-;/m00./s1. The first kappa shape index (κ1) is 36.0. The summed E-state index contributed by atoms with van der Waals surface area (Å²) >= 11 is 0. The molecular weight excluding hydrogens is 584 g/mol. The van der Waals surface area contributed by atoms with Crippen LogP contribution >= 0.6 is 0 Å². The summed E-state index contributed by atoms with van der Waals surface area (Å²) in [5.41, 5.74) is 2.17. The van der Waals surface area contributed by atoms with Gasteiger partial charge >= 0.3 is 11.9 Å². The minimum Gasteiger partial charge on any atom is -0.481 e. The highest BCUT2D eigenvalue weighted by atomic mass is 16.4. The van der Waals surface area contributed by atoms with Crippen LogP contribution in [-0.2, 0) is 22.4 Å². The van der Waals surface area contributed by atoms with E-state index in [1.807, 2.05) is 81.4 Å². The first-order valence-corrected chi connectivity index (χ1v) is 16.4. The van der Waals surface area contributed by atoms with Crippen molar-refractivity contribution in [3.05, 3.63) is 83.4 Å². The zero-order valence-electron chi connectivity index (χ0n) is 27.3. The number of aromatic nitrogens is 8. The second kappa shape index (κ2) is 19.1. The Morgan fingerprint density at radius 2 is 1.26 bits per heavy atom. The molecule has 1 aliphatic rings. The highest BCUT2D eigenvalue weighted by molar-refractivity contribution is 5.72. The minimum atomic E-state index is -0.799. The van der Waals surface area contributed by atoms with Crippen LogP contribution in [0.3, 0.4) is 0 Å². The fraction of sp³-hybridized carbons (Fsp3) is 0.529. The van der Waals surface area contributed by atoms with Gasteiger partial charge in [-0.05, 0) is 48.6 Å². The Balaban J connectivity index is 0.000000238. The van der Waals surface area contributed by atoms with Crippen molar-refractivity contribution < 1.29 is 19.8 Å². The van der Waals surface area contributed by atoms with Crippen molar-refractivity contribution in [1.29, 1.82) is 0 Å². The molecule has 5 rings (SSSR count). The van der Waals surface area contributed by atoms with Gasteiger partial charge in [-0.1, -0.05) is 124 Å². The summed E-state index contributed by atoms with van der Waals surface area (Å²) in [6.45, 7) is 8.05. The lowest BCUT2D eigenvalue weighted by Crippen LogP contribution is -2.30. The van der Waals surface area contributed by atoms with Gasteiger partial charge in [-0.15, -0.1) is 20.4 Å². The normalized spacial score (nSPS) is 16.1. The number of carboxylic acid groups (broad SMARTS) is 2. The molecular formula is C34H48N8O4. The molecule has 0 saturated heterocycles. The van der Waals surface area contributed by atoms with Gasteiger partial charge in [0.2, 0.25) is 0 Å². The molecule has 2 aromatic heterocycles. The molecule has 0 spiro atoms. The topological polar surface area (TPSA) is 184 Å². The summed E-state index contributed by atoms with van der Waals surface area (Å²) in [6, 6.07) is 19.8. The van der Waals surface area contributed by atoms with Crippen LogP contribution in [0.15, 0.2) is 60.7 Å². The number of tetrazole rings is 2. The molecule has 0 radical (unpaired) electrons. The van der Waals surface area contributed by atoms with Crippen molar-refractivity contribution in [1.82, 2.24) is 41.2 Å². The third-order valence-corrected chi connectivity index (χ3v) is 8.69. The Kier molecular flexibility index (Phi) is 15.0. The molecule has 0 aliphatic heterocycles. The number of hydrogen-bond donors (Lipinski definition) is 4. The highest BCUT2D eigenvalue weighted by Gasteiger charge is 2.40. The number of H-pyrrole nitrogens is 2. The molecule has 248 valence electrons. The summed E-state index contributed by atoms with van der Waals surface area (Å²) in [6.07, 6.45) is 7.19. The number of nitrogens with one attached hydrogen (secondary N) is 2. The quantitative estimate of drug-likeness (QED) is 0.127. The number of aromatic amines is 2. The number of carboxylic acids is 2. The Hall–Kier alpha value is -4.48. The van der Waals surface area contributed by atoms with E-state index in [9.17, 15) is 19.8 Å². The SMILES string of the molecule is CC.CCCC(C)[C@H](C(=O)O)[C@H](Cc1ccccc1)c1nn[nH]n1.O=C(O)C(C1CCCC1)[C@H](Cc1ccccc1)c1nn[nH]n1. The van der Waals surface area contributed by atoms with Crippen molar-refractivity contribution in [2.24, 2.45) is 23.7 Å². The van der Waals surface area contributed by atoms with Gasteiger partial charge < -0.3 is 10.2 Å². The first-order valence-electron chi connectivity index (χ1n) is 16.4. The number of nitrogens with zero attached hydrogens (tertiary/aromatic N) is 6. The number of hydrogen-bond acceptors (Lipinski definition) is 8. The second-order valence-corrected chi connectivity index (χ2v) is 11.7. The average molecular weight is 633 g/mol. The van der Waals surface area contributed by atoms with Crippen LogP contribution in [0, 0.1) is 23.7 Å². The van der Waals surface area contributed by atoms with E-state index in [4.69, 9.17) is 0 Å². The number of benzene rings is 2. The van der Waals surface area contributed by atoms with E-state index in [2.05, 4.69) is 48.2 Å². The predicted molar refractivity (Wildman–Crippen MR) is 174 cm³/mol. The van der Waals surface area contributed by atoms with Gasteiger partial charge in [0.1, 0.15) is 0 Å². The fourth-order valence-corrected chi connectivity index (χ4v) is 6.61. The molecule has 4 aromatic rings. The Morgan fingerprint density at radius 3 is 1.67 bits per heavy atom. The average Bonchev–Trinajstić information content (AvgIpc) is 3.87. The zero-order valence-corrected chi connectivity index (χ0v) is 27.3. The maximum Gasteiger partial charge on any atom is 0.307 e. The summed E-state index contributed by atoms with van der Waals surface area (Å²) in [5, 5.41) is 47.9. The molecule has 12 heteroatoms. The molecule has 0 amide bonds. The summed E-state index contributed by atoms with van der Waals surface area (Å²) in [7, 11) is 0. The number of carbonyl (C=O) groups is 2. The van der Waals surface area contributed by atoms with E-state index in [0.29, 0.717) is 24.5 Å². The summed E-state index contributed by atoms with van der Waals surface area (Å²) in [5.74, 6) is -1.86. The van der Waals surface area contributed by atoms with Crippen molar-refractivity contribution in [3.8, 4) is 0 Å². The molecule has 4 N–H and O–H groups in total. The lowest BCUT2D eigenvalue weighted by atomic mass is 9.77. The van der Waals surface area contributed by atoms with Crippen LogP contribution in [0.4, 0.5) is 0 Å². The van der Waals surface area contributed by atoms with E-state index in [1.54, 1.807) is 0 Å². The molecule has 5 atom stereocenters. The Morgan fingerprint density at radius 1 is 0.783 bits per heavy atom. The minimum absolute atomic E-state index is 0.0507. The van der Waals surface area contributed by atoms with Crippen molar-refractivity contribution >= 4 is 11.9 Å². The maximum atomic E-state index is 11.9. The van der Waals surface area contributed by atoms with Crippen molar-refractivity contribution in [3.63, 3.8) is 0 Å². The van der Waals surface area contributed by atoms with Gasteiger partial charge in [0.25, 0.3) is 0 Å². The van der Waals surface area contributed by atoms with Gasteiger partial charge in [-0.25, -0.2) is 0 Å². The number of aliphatic carboxylic acids is 2. The van der Waals surface area contributed by atoms with Gasteiger partial charge in [-0.2, -0.15) is 10.4 Å². The van der Waals surface area contributed by atoms with Gasteiger partial charge in [0.05, 0.1) is 11.8 Å². The van der Waals surface area contributed by atoms with Crippen LogP contribution in [0.5, 0.6) is 0 Å². The maximum absolute atomic E-state index is 11.9. The first-order chi connectivity index (χ1) is 22.4. The van der Waals surface area contributed by atoms with Crippen LogP contribution < -0.4 is 0 Å². The van der Waals surface area contributed by atoms with Gasteiger partial charge in [0.15, 0.2) is 11.6 Å². The molecule has 1 saturated carbocycles. The summed E-state index contributed by atoms with van der Waals surface area (Å²) in [4.78, 5) is 23.8. The number of rotatable bonds is 14. The van der Waals surface area contributed by atoms with Crippen molar-refractivity contribution in [2.45, 2.75) is 90.9 Å². The molecule has 0 bridgehead atoms. The van der Waals surface area contributed by atoms with E-state index in [1.165, 1.54) is 0 Å². The molecule has 46 heavy (non-hydrogen) atoms. The van der Waals surface area contributed by atoms with Crippen molar-refractivity contribution in [2.75, 3.05) is 0 Å². The Labute approximate surface area is 270 Å².